The van der Waals surface area contributed by atoms with Crippen molar-refractivity contribution in [1.82, 2.24) is 5.32 Å². The second kappa shape index (κ2) is 7.09. The lowest BCUT2D eigenvalue weighted by atomic mass is 10.1. The Morgan fingerprint density at radius 2 is 1.74 bits per heavy atom. The maximum absolute atomic E-state index is 12.2. The molecule has 2 aromatic carbocycles. The van der Waals surface area contributed by atoms with E-state index >= 15 is 0 Å². The largest absolute Gasteiger partial charge is 0.337 e. The number of benzene rings is 2. The van der Waals surface area contributed by atoms with Gasteiger partial charge in [-0.2, -0.15) is 0 Å². The van der Waals surface area contributed by atoms with Crippen molar-refractivity contribution in [2.45, 2.75) is 25.7 Å². The summed E-state index contributed by atoms with van der Waals surface area (Å²) in [5.41, 5.74) is 2.93. The van der Waals surface area contributed by atoms with E-state index in [1.807, 2.05) is 42.5 Å². The lowest BCUT2D eigenvalue weighted by Gasteiger charge is -2.16. The number of fused-ring (bicyclic) bond motifs is 1. The number of urea groups is 1. The fourth-order valence-electron chi connectivity index (χ4n) is 2.85. The van der Waals surface area contributed by atoms with Crippen LogP contribution in [-0.2, 0) is 17.6 Å². The molecule has 0 aliphatic carbocycles. The molecule has 118 valence electrons. The van der Waals surface area contributed by atoms with Crippen LogP contribution in [0.3, 0.4) is 0 Å². The van der Waals surface area contributed by atoms with Crippen LogP contribution in [0, 0.1) is 0 Å². The summed E-state index contributed by atoms with van der Waals surface area (Å²) >= 11 is 0. The molecule has 0 aromatic heterocycles. The molecule has 1 heterocycles. The topological polar surface area (TPSA) is 49.4 Å². The number of carbonyl (C=O) groups is 2. The molecule has 0 fully saturated rings. The molecule has 0 radical (unpaired) electrons. The fraction of sp³-hybridized carbons (Fsp3) is 0.263. The summed E-state index contributed by atoms with van der Waals surface area (Å²) < 4.78 is 0. The first-order chi connectivity index (χ1) is 11.3. The van der Waals surface area contributed by atoms with E-state index in [1.54, 1.807) is 0 Å². The molecular formula is C19H20N2O2. The van der Waals surface area contributed by atoms with Crippen LogP contribution in [0.1, 0.15) is 24.0 Å². The molecule has 1 aliphatic heterocycles. The summed E-state index contributed by atoms with van der Waals surface area (Å²) in [6, 6.07) is 17.4. The average Bonchev–Trinajstić information content (AvgIpc) is 2.91. The summed E-state index contributed by atoms with van der Waals surface area (Å²) in [7, 11) is 0. The standard InChI is InChI=1S/C19H20N2O2/c22-18-14-16-11-4-5-12-17(16)21(18)19(23)20-13-7-6-10-15-8-2-1-3-9-15/h1-5,8-9,11-12H,6-7,10,13-14H2,(H,20,23). The lowest BCUT2D eigenvalue weighted by molar-refractivity contribution is -0.116. The van der Waals surface area contributed by atoms with Gasteiger partial charge in [0.15, 0.2) is 0 Å². The van der Waals surface area contributed by atoms with Gasteiger partial charge in [0.25, 0.3) is 0 Å². The first-order valence-corrected chi connectivity index (χ1v) is 7.98. The Morgan fingerprint density at radius 3 is 2.57 bits per heavy atom. The van der Waals surface area contributed by atoms with Crippen molar-refractivity contribution in [2.24, 2.45) is 0 Å². The summed E-state index contributed by atoms with van der Waals surface area (Å²) in [5.74, 6) is -0.159. The molecule has 4 nitrogen and oxygen atoms in total. The average molecular weight is 308 g/mol. The molecule has 3 rings (SSSR count). The Morgan fingerprint density at radius 1 is 1.00 bits per heavy atom. The van der Waals surface area contributed by atoms with Gasteiger partial charge >= 0.3 is 6.03 Å². The van der Waals surface area contributed by atoms with E-state index in [9.17, 15) is 9.59 Å². The van der Waals surface area contributed by atoms with E-state index in [2.05, 4.69) is 17.4 Å². The third-order valence-corrected chi connectivity index (χ3v) is 4.04. The Bertz CT molecular complexity index is 698. The normalized spacial score (nSPS) is 13.0. The predicted octanol–water partition coefficient (Wildman–Crippen LogP) is 3.31. The molecule has 3 amide bonds. The first-order valence-electron chi connectivity index (χ1n) is 7.98. The minimum Gasteiger partial charge on any atom is -0.337 e. The zero-order valence-electron chi connectivity index (χ0n) is 13.0. The van der Waals surface area contributed by atoms with Crippen molar-refractivity contribution >= 4 is 17.6 Å². The predicted molar refractivity (Wildman–Crippen MR) is 90.4 cm³/mol. The maximum atomic E-state index is 12.2. The number of imide groups is 1. The van der Waals surface area contributed by atoms with Crippen LogP contribution in [0.25, 0.3) is 0 Å². The van der Waals surface area contributed by atoms with Gasteiger partial charge in [0.2, 0.25) is 5.91 Å². The minimum atomic E-state index is -0.320. The molecular weight excluding hydrogens is 288 g/mol. The SMILES string of the molecule is O=C1Cc2ccccc2N1C(=O)NCCCCc1ccccc1. The number of amides is 3. The van der Waals surface area contributed by atoms with Gasteiger partial charge in [-0.15, -0.1) is 0 Å². The van der Waals surface area contributed by atoms with E-state index in [0.717, 1.165) is 24.8 Å². The van der Waals surface area contributed by atoms with Gasteiger partial charge in [-0.05, 0) is 36.5 Å². The van der Waals surface area contributed by atoms with Gasteiger partial charge in [-0.1, -0.05) is 48.5 Å². The molecule has 23 heavy (non-hydrogen) atoms. The van der Waals surface area contributed by atoms with Crippen molar-refractivity contribution in [1.29, 1.82) is 0 Å². The van der Waals surface area contributed by atoms with Gasteiger partial charge in [0.1, 0.15) is 0 Å². The molecule has 0 saturated carbocycles. The summed E-state index contributed by atoms with van der Waals surface area (Å²) in [6.07, 6.45) is 3.21. The van der Waals surface area contributed by atoms with E-state index in [-0.39, 0.29) is 11.9 Å². The first kappa shape index (κ1) is 15.3. The van der Waals surface area contributed by atoms with Crippen LogP contribution >= 0.6 is 0 Å². The van der Waals surface area contributed by atoms with Crippen molar-refractivity contribution in [3.05, 3.63) is 65.7 Å². The number of carbonyl (C=O) groups excluding carboxylic acids is 2. The Labute approximate surface area is 136 Å². The second-order valence-corrected chi connectivity index (χ2v) is 5.71. The molecule has 0 bridgehead atoms. The van der Waals surface area contributed by atoms with Crippen LogP contribution < -0.4 is 10.2 Å². The molecule has 1 N–H and O–H groups in total. The third kappa shape index (κ3) is 3.59. The number of para-hydroxylation sites is 1. The number of rotatable bonds is 5. The third-order valence-electron chi connectivity index (χ3n) is 4.04. The van der Waals surface area contributed by atoms with E-state index in [1.165, 1.54) is 10.5 Å². The summed E-state index contributed by atoms with van der Waals surface area (Å²) in [5, 5.41) is 2.85. The number of hydrogen-bond acceptors (Lipinski definition) is 2. The highest BCUT2D eigenvalue weighted by molar-refractivity contribution is 6.18. The summed E-state index contributed by atoms with van der Waals surface area (Å²) in [4.78, 5) is 25.5. The van der Waals surface area contributed by atoms with E-state index in [4.69, 9.17) is 0 Å². The molecule has 4 heteroatoms. The van der Waals surface area contributed by atoms with Gasteiger partial charge in [0, 0.05) is 6.54 Å². The van der Waals surface area contributed by atoms with Crippen molar-refractivity contribution in [3.63, 3.8) is 0 Å². The van der Waals surface area contributed by atoms with Crippen molar-refractivity contribution in [2.75, 3.05) is 11.4 Å². The highest BCUT2D eigenvalue weighted by Gasteiger charge is 2.31. The number of aryl methyl sites for hydroxylation is 1. The maximum Gasteiger partial charge on any atom is 0.328 e. The van der Waals surface area contributed by atoms with Crippen LogP contribution in [0.4, 0.5) is 10.5 Å². The Balaban J connectivity index is 1.46. The van der Waals surface area contributed by atoms with Gasteiger partial charge in [-0.3, -0.25) is 4.79 Å². The second-order valence-electron chi connectivity index (χ2n) is 5.71. The minimum absolute atomic E-state index is 0.159. The highest BCUT2D eigenvalue weighted by Crippen LogP contribution is 2.28. The molecule has 2 aromatic rings. The van der Waals surface area contributed by atoms with Crippen LogP contribution in [0.15, 0.2) is 54.6 Å². The number of hydrogen-bond donors (Lipinski definition) is 1. The number of anilines is 1. The molecule has 0 spiro atoms. The Kier molecular flexibility index (Phi) is 4.71. The lowest BCUT2D eigenvalue weighted by Crippen LogP contribution is -2.42. The van der Waals surface area contributed by atoms with Crippen LogP contribution in [0.2, 0.25) is 0 Å². The zero-order valence-corrected chi connectivity index (χ0v) is 13.0. The summed E-state index contributed by atoms with van der Waals surface area (Å²) in [6.45, 7) is 0.581. The van der Waals surface area contributed by atoms with Crippen molar-refractivity contribution in [3.8, 4) is 0 Å². The van der Waals surface area contributed by atoms with Gasteiger partial charge < -0.3 is 5.32 Å². The smallest absolute Gasteiger partial charge is 0.328 e. The Hall–Kier alpha value is -2.62. The van der Waals surface area contributed by atoms with Crippen LogP contribution in [-0.4, -0.2) is 18.5 Å². The van der Waals surface area contributed by atoms with Crippen molar-refractivity contribution < 1.29 is 9.59 Å². The van der Waals surface area contributed by atoms with Gasteiger partial charge in [0.05, 0.1) is 12.1 Å². The number of unbranched alkanes of at least 4 members (excludes halogenated alkanes) is 1. The van der Waals surface area contributed by atoms with E-state index < -0.39 is 0 Å². The zero-order chi connectivity index (χ0) is 16.1. The number of nitrogens with zero attached hydrogens (tertiary/aromatic N) is 1. The quantitative estimate of drug-likeness (QED) is 0.862. The highest BCUT2D eigenvalue weighted by atomic mass is 16.2. The van der Waals surface area contributed by atoms with Crippen LogP contribution in [0.5, 0.6) is 0 Å². The molecule has 1 aliphatic rings. The molecule has 0 saturated heterocycles. The fourth-order valence-corrected chi connectivity index (χ4v) is 2.85. The van der Waals surface area contributed by atoms with Gasteiger partial charge in [-0.25, -0.2) is 9.69 Å². The van der Waals surface area contributed by atoms with E-state index in [0.29, 0.717) is 18.7 Å². The molecule has 0 atom stereocenters. The monoisotopic (exact) mass is 308 g/mol. The number of nitrogens with one attached hydrogen (secondary N) is 1. The molecule has 0 unspecified atom stereocenters.